The minimum atomic E-state index is -1.64. The second-order valence-electron chi connectivity index (χ2n) is 5.65. The number of nitrogens with two attached hydrogens (primary N) is 1. The summed E-state index contributed by atoms with van der Waals surface area (Å²) in [5, 5.41) is 0.135. The third-order valence-corrected chi connectivity index (χ3v) is 4.69. The van der Waals surface area contributed by atoms with Crippen molar-refractivity contribution < 1.29 is 23.8 Å². The standard InChI is InChI=1S/C16H16ClNO5/c1-7-4-8(18)5-11(19)16(7)15(20)12-9(21-2)6-10(22-3)13(17)14(12)23-16/h5-7H,4,18H2,1-3H3/t7-,16+/m1/s1. The van der Waals surface area contributed by atoms with E-state index < -0.39 is 23.1 Å². The highest BCUT2D eigenvalue weighted by molar-refractivity contribution is 6.36. The number of allylic oxidation sites excluding steroid dienone is 1. The second kappa shape index (κ2) is 5.16. The zero-order valence-corrected chi connectivity index (χ0v) is 13.7. The molecule has 0 amide bonds. The molecule has 122 valence electrons. The van der Waals surface area contributed by atoms with Crippen LogP contribution < -0.4 is 19.9 Å². The van der Waals surface area contributed by atoms with Crippen LogP contribution >= 0.6 is 11.6 Å². The van der Waals surface area contributed by atoms with Gasteiger partial charge in [-0.25, -0.2) is 0 Å². The first-order valence-corrected chi connectivity index (χ1v) is 7.43. The molecule has 0 fully saturated rings. The highest BCUT2D eigenvalue weighted by Gasteiger charge is 2.60. The zero-order chi connectivity index (χ0) is 16.9. The highest BCUT2D eigenvalue weighted by atomic mass is 35.5. The van der Waals surface area contributed by atoms with E-state index in [1.165, 1.54) is 26.4 Å². The fraction of sp³-hybridized carbons (Fsp3) is 0.375. The predicted octanol–water partition coefficient (Wildman–Crippen LogP) is 2.12. The zero-order valence-electron chi connectivity index (χ0n) is 12.9. The molecule has 0 bridgehead atoms. The molecule has 0 radical (unpaired) electrons. The summed E-state index contributed by atoms with van der Waals surface area (Å²) in [6.45, 7) is 1.75. The van der Waals surface area contributed by atoms with Gasteiger partial charge >= 0.3 is 0 Å². The third kappa shape index (κ3) is 1.94. The lowest BCUT2D eigenvalue weighted by Gasteiger charge is -2.34. The van der Waals surface area contributed by atoms with Crippen molar-refractivity contribution in [3.8, 4) is 17.2 Å². The van der Waals surface area contributed by atoms with Crippen LogP contribution in [0.3, 0.4) is 0 Å². The Kier molecular flexibility index (Phi) is 3.52. The van der Waals surface area contributed by atoms with Gasteiger partial charge in [-0.2, -0.15) is 0 Å². The van der Waals surface area contributed by atoms with Gasteiger partial charge in [-0.3, -0.25) is 9.59 Å². The third-order valence-electron chi connectivity index (χ3n) is 4.34. The maximum Gasteiger partial charge on any atom is 0.236 e. The van der Waals surface area contributed by atoms with Gasteiger partial charge in [-0.1, -0.05) is 18.5 Å². The predicted molar refractivity (Wildman–Crippen MR) is 83.3 cm³/mol. The number of carbonyl (C=O) groups excluding carboxylic acids is 2. The molecule has 0 saturated heterocycles. The molecule has 0 unspecified atom stereocenters. The lowest BCUT2D eigenvalue weighted by atomic mass is 9.74. The van der Waals surface area contributed by atoms with Crippen LogP contribution in [0.15, 0.2) is 17.8 Å². The van der Waals surface area contributed by atoms with Crippen LogP contribution in [0.1, 0.15) is 23.7 Å². The maximum absolute atomic E-state index is 13.0. The number of ether oxygens (including phenoxy) is 3. The summed E-state index contributed by atoms with van der Waals surface area (Å²) in [4.78, 5) is 25.6. The number of hydrogen-bond donors (Lipinski definition) is 1. The Bertz CT molecular complexity index is 757. The molecule has 2 atom stereocenters. The van der Waals surface area contributed by atoms with Gasteiger partial charge in [0.1, 0.15) is 22.1 Å². The first-order valence-electron chi connectivity index (χ1n) is 7.05. The van der Waals surface area contributed by atoms with Crippen molar-refractivity contribution in [3.63, 3.8) is 0 Å². The lowest BCUT2D eigenvalue weighted by molar-refractivity contribution is -0.129. The fourth-order valence-electron chi connectivity index (χ4n) is 3.16. The van der Waals surface area contributed by atoms with Crippen LogP contribution in [-0.4, -0.2) is 31.4 Å². The van der Waals surface area contributed by atoms with E-state index in [1.807, 2.05) is 0 Å². The molecule has 1 spiro atoms. The van der Waals surface area contributed by atoms with E-state index in [2.05, 4.69) is 0 Å². The highest BCUT2D eigenvalue weighted by Crippen LogP contribution is 2.52. The van der Waals surface area contributed by atoms with Gasteiger partial charge in [0.05, 0.1) is 14.2 Å². The monoisotopic (exact) mass is 337 g/mol. The largest absolute Gasteiger partial charge is 0.496 e. The summed E-state index contributed by atoms with van der Waals surface area (Å²) in [6, 6.07) is 1.50. The number of Topliss-reactive ketones (excluding diaryl/α,β-unsaturated/α-hetero) is 1. The Balaban J connectivity index is 2.23. The second-order valence-corrected chi connectivity index (χ2v) is 6.03. The number of rotatable bonds is 2. The molecular weight excluding hydrogens is 322 g/mol. The number of halogens is 1. The molecule has 0 saturated carbocycles. The van der Waals surface area contributed by atoms with E-state index in [0.29, 0.717) is 17.9 Å². The lowest BCUT2D eigenvalue weighted by Crippen LogP contribution is -2.55. The minimum absolute atomic E-state index is 0.113. The number of fused-ring (bicyclic) bond motifs is 1. The van der Waals surface area contributed by atoms with Crippen LogP contribution in [-0.2, 0) is 4.79 Å². The summed E-state index contributed by atoms with van der Waals surface area (Å²) < 4.78 is 16.3. The smallest absolute Gasteiger partial charge is 0.236 e. The quantitative estimate of drug-likeness (QED) is 0.832. The van der Waals surface area contributed by atoms with Crippen molar-refractivity contribution in [2.45, 2.75) is 18.9 Å². The van der Waals surface area contributed by atoms with Crippen LogP contribution in [0, 0.1) is 5.92 Å². The molecule has 2 aliphatic rings. The van der Waals surface area contributed by atoms with E-state index in [-0.39, 0.29) is 22.1 Å². The molecule has 1 aromatic rings. The summed E-state index contributed by atoms with van der Waals surface area (Å²) in [5.41, 5.74) is 4.69. The topological polar surface area (TPSA) is 87.8 Å². The van der Waals surface area contributed by atoms with Gasteiger partial charge in [-0.15, -0.1) is 0 Å². The number of benzene rings is 1. The molecule has 23 heavy (non-hydrogen) atoms. The molecule has 7 heteroatoms. The van der Waals surface area contributed by atoms with Gasteiger partial charge in [0.2, 0.25) is 17.2 Å². The van der Waals surface area contributed by atoms with E-state index in [9.17, 15) is 9.59 Å². The Morgan fingerprint density at radius 1 is 1.30 bits per heavy atom. The average molecular weight is 338 g/mol. The minimum Gasteiger partial charge on any atom is -0.496 e. The normalized spacial score (nSPS) is 25.9. The summed E-state index contributed by atoms with van der Waals surface area (Å²) in [6.07, 6.45) is 1.63. The van der Waals surface area contributed by atoms with Gasteiger partial charge in [0.25, 0.3) is 0 Å². The number of ketones is 2. The van der Waals surface area contributed by atoms with E-state index in [0.717, 1.165) is 0 Å². The number of carbonyl (C=O) groups is 2. The first-order chi connectivity index (χ1) is 10.9. The Hall–Kier alpha value is -2.21. The van der Waals surface area contributed by atoms with E-state index in [1.54, 1.807) is 6.92 Å². The van der Waals surface area contributed by atoms with Crippen LogP contribution in [0.25, 0.3) is 0 Å². The summed E-state index contributed by atoms with van der Waals surface area (Å²) in [5.74, 6) is -0.695. The van der Waals surface area contributed by atoms with Crippen molar-refractivity contribution >= 4 is 23.2 Å². The molecule has 2 N–H and O–H groups in total. The van der Waals surface area contributed by atoms with Crippen molar-refractivity contribution in [1.29, 1.82) is 0 Å². The van der Waals surface area contributed by atoms with Gasteiger partial charge in [0.15, 0.2) is 5.75 Å². The summed E-state index contributed by atoms with van der Waals surface area (Å²) in [7, 11) is 2.86. The van der Waals surface area contributed by atoms with Crippen molar-refractivity contribution in [3.05, 3.63) is 28.4 Å². The maximum atomic E-state index is 13.0. The Morgan fingerprint density at radius 3 is 2.52 bits per heavy atom. The molecule has 1 aromatic carbocycles. The molecular formula is C16H16ClNO5. The molecule has 1 heterocycles. The van der Waals surface area contributed by atoms with E-state index in [4.69, 9.17) is 31.5 Å². The van der Waals surface area contributed by atoms with Crippen LogP contribution in [0.2, 0.25) is 5.02 Å². The molecule has 0 aromatic heterocycles. The molecule has 3 rings (SSSR count). The summed E-state index contributed by atoms with van der Waals surface area (Å²) >= 11 is 6.27. The van der Waals surface area contributed by atoms with Crippen molar-refractivity contribution in [2.75, 3.05) is 14.2 Å². The van der Waals surface area contributed by atoms with E-state index >= 15 is 0 Å². The SMILES string of the molecule is COc1cc(OC)c2c(c1Cl)O[C@@]1(C(=O)C=C(N)C[C@H]1C)C2=O. The first kappa shape index (κ1) is 15.7. The van der Waals surface area contributed by atoms with Crippen LogP contribution in [0.4, 0.5) is 0 Å². The Morgan fingerprint density at radius 2 is 1.96 bits per heavy atom. The van der Waals surface area contributed by atoms with Gasteiger partial charge in [-0.05, 0) is 6.42 Å². The average Bonchev–Trinajstić information content (AvgIpc) is 2.82. The molecule has 6 nitrogen and oxygen atoms in total. The molecule has 1 aliphatic heterocycles. The van der Waals surface area contributed by atoms with Crippen LogP contribution in [0.5, 0.6) is 17.2 Å². The Labute approximate surface area is 138 Å². The van der Waals surface area contributed by atoms with Gasteiger partial charge in [0, 0.05) is 23.8 Å². The fourth-order valence-corrected chi connectivity index (χ4v) is 3.43. The van der Waals surface area contributed by atoms with Crippen molar-refractivity contribution in [2.24, 2.45) is 11.7 Å². The van der Waals surface area contributed by atoms with Gasteiger partial charge < -0.3 is 19.9 Å². The molecule has 1 aliphatic carbocycles. The van der Waals surface area contributed by atoms with Crippen molar-refractivity contribution in [1.82, 2.24) is 0 Å². The number of hydrogen-bond acceptors (Lipinski definition) is 6. The number of methoxy groups -OCH3 is 2.